The predicted octanol–water partition coefficient (Wildman–Crippen LogP) is 16.9. The first-order chi connectivity index (χ1) is 28.6. The smallest absolute Gasteiger partial charge is 0.0541 e. The normalized spacial score (nSPS) is 11.9. The molecule has 0 atom stereocenters. The second-order valence-corrected chi connectivity index (χ2v) is 18.0. The minimum Gasteiger partial charge on any atom is -0.309 e. The van der Waals surface area contributed by atoms with Crippen LogP contribution in [-0.2, 0) is 0 Å². The molecule has 0 fully saturated rings. The van der Waals surface area contributed by atoms with Crippen molar-refractivity contribution in [1.82, 2.24) is 4.57 Å². The second-order valence-electron chi connectivity index (χ2n) is 15.0. The van der Waals surface area contributed by atoms with Gasteiger partial charge in [0.1, 0.15) is 0 Å². The lowest BCUT2D eigenvalue weighted by Crippen LogP contribution is -1.93. The average molecular weight is 839 g/mol. The highest BCUT2D eigenvalue weighted by Gasteiger charge is 2.16. The summed E-state index contributed by atoms with van der Waals surface area (Å²) in [6, 6.07) is 71.5. The van der Waals surface area contributed by atoms with Crippen LogP contribution in [0.1, 0.15) is 0 Å². The first-order valence-electron chi connectivity index (χ1n) is 19.5. The molecule has 58 heavy (non-hydrogen) atoms. The van der Waals surface area contributed by atoms with E-state index in [4.69, 9.17) is 0 Å². The lowest BCUT2D eigenvalue weighted by atomic mass is 9.98. The molecule has 12 rings (SSSR count). The van der Waals surface area contributed by atoms with Gasteiger partial charge < -0.3 is 4.57 Å². The maximum Gasteiger partial charge on any atom is 0.0541 e. The van der Waals surface area contributed by atoms with Crippen LogP contribution in [-0.4, -0.2) is 4.57 Å². The number of rotatable bonds is 5. The fourth-order valence-electron chi connectivity index (χ4n) is 8.89. The number of hydrogen-bond donors (Lipinski definition) is 0. The monoisotopic (exact) mass is 837 g/mol. The first kappa shape index (κ1) is 33.8. The summed E-state index contributed by atoms with van der Waals surface area (Å²) in [5.74, 6) is 0. The highest BCUT2D eigenvalue weighted by atomic mass is 79.9. The molecule has 1 nitrogen and oxygen atoms in total. The van der Waals surface area contributed by atoms with Crippen LogP contribution in [0.5, 0.6) is 0 Å². The lowest BCUT2D eigenvalue weighted by molar-refractivity contribution is 1.18. The summed E-state index contributed by atoms with van der Waals surface area (Å²) in [6.07, 6.45) is 0. The van der Waals surface area contributed by atoms with Gasteiger partial charge in [-0.25, -0.2) is 0 Å². The Labute approximate surface area is 351 Å². The van der Waals surface area contributed by atoms with Crippen LogP contribution in [0.4, 0.5) is 0 Å². The van der Waals surface area contributed by atoms with E-state index >= 15 is 0 Å². The van der Waals surface area contributed by atoms with E-state index in [1.165, 1.54) is 107 Å². The third-order valence-corrected chi connectivity index (χ3v) is 14.7. The number of hydrogen-bond acceptors (Lipinski definition) is 2. The van der Waals surface area contributed by atoms with E-state index in [2.05, 4.69) is 215 Å². The SMILES string of the molecule is Brc1ccc2c(c1)c1cc(-c3ccc(-c4cccc5c4sc4ccccc45)cc3)ccc1n2-c1ccc(-c2ccc(-c3cccc4c3sc3ccccc34)cc2)cc1. The van der Waals surface area contributed by atoms with E-state index in [0.29, 0.717) is 0 Å². The standard InChI is InChI=1S/C54H32BrNS2/c55-39-26-30-50-48(32-39)47-31-38(35-17-21-37(22-18-35)42-10-6-12-46-44-8-2-4-14-52(44)58-54(42)46)25-29-49(47)56(50)40-27-23-34(24-28-40)33-15-19-36(20-16-33)41-9-5-11-45-43-7-1-3-13-51(43)57-53(41)45/h1-32H. The van der Waals surface area contributed by atoms with E-state index < -0.39 is 0 Å². The molecular formula is C54H32BrNS2. The Morgan fingerprint density at radius 1 is 0.328 bits per heavy atom. The molecule has 0 unspecified atom stereocenters. The number of aromatic nitrogens is 1. The van der Waals surface area contributed by atoms with Crippen LogP contribution in [0.3, 0.4) is 0 Å². The molecule has 3 aromatic heterocycles. The summed E-state index contributed by atoms with van der Waals surface area (Å²) in [5.41, 5.74) is 13.4. The fraction of sp³-hybridized carbons (Fsp3) is 0. The summed E-state index contributed by atoms with van der Waals surface area (Å²) < 4.78 is 8.83. The summed E-state index contributed by atoms with van der Waals surface area (Å²) >= 11 is 7.54. The molecule has 0 bridgehead atoms. The van der Waals surface area contributed by atoms with Crippen LogP contribution in [0.25, 0.3) is 112 Å². The molecule has 0 aliphatic heterocycles. The van der Waals surface area contributed by atoms with Gasteiger partial charge in [-0.1, -0.05) is 155 Å². The average Bonchev–Trinajstić information content (AvgIpc) is 3.96. The summed E-state index contributed by atoms with van der Waals surface area (Å²) in [5, 5.41) is 7.79. The van der Waals surface area contributed by atoms with Crippen molar-refractivity contribution in [1.29, 1.82) is 0 Å². The van der Waals surface area contributed by atoms with Gasteiger partial charge in [0.05, 0.1) is 11.0 Å². The van der Waals surface area contributed by atoms with Crippen LogP contribution in [0, 0.1) is 0 Å². The van der Waals surface area contributed by atoms with Crippen LogP contribution >= 0.6 is 38.6 Å². The largest absolute Gasteiger partial charge is 0.309 e. The Kier molecular flexibility index (Phi) is 7.81. The molecule has 0 aliphatic carbocycles. The molecule has 272 valence electrons. The molecule has 0 N–H and O–H groups in total. The fourth-order valence-corrected chi connectivity index (χ4v) is 11.7. The van der Waals surface area contributed by atoms with E-state index in [1.807, 2.05) is 22.7 Å². The van der Waals surface area contributed by atoms with E-state index in [1.54, 1.807) is 0 Å². The van der Waals surface area contributed by atoms with Gasteiger partial charge in [-0.05, 0) is 99.1 Å². The van der Waals surface area contributed by atoms with Crippen molar-refractivity contribution in [2.24, 2.45) is 0 Å². The van der Waals surface area contributed by atoms with Gasteiger partial charge in [-0.15, -0.1) is 22.7 Å². The maximum absolute atomic E-state index is 3.77. The minimum absolute atomic E-state index is 1.08. The highest BCUT2D eigenvalue weighted by Crippen LogP contribution is 2.43. The number of benzene rings is 9. The van der Waals surface area contributed by atoms with Crippen molar-refractivity contribution in [2.45, 2.75) is 0 Å². The zero-order valence-corrected chi connectivity index (χ0v) is 34.3. The Balaban J connectivity index is 0.874. The van der Waals surface area contributed by atoms with E-state index in [-0.39, 0.29) is 0 Å². The molecule has 0 amide bonds. The number of halogens is 1. The summed E-state index contributed by atoms with van der Waals surface area (Å²) in [7, 11) is 0. The molecule has 3 heterocycles. The van der Waals surface area contributed by atoms with Crippen molar-refractivity contribution >= 4 is 101 Å². The van der Waals surface area contributed by atoms with Gasteiger partial charge in [-0.3, -0.25) is 0 Å². The molecule has 12 aromatic rings. The molecule has 0 saturated heterocycles. The Hall–Kier alpha value is -6.30. The minimum atomic E-state index is 1.08. The molecule has 9 aromatic carbocycles. The molecular weight excluding hydrogens is 807 g/mol. The predicted molar refractivity (Wildman–Crippen MR) is 256 cm³/mol. The maximum atomic E-state index is 3.77. The second kappa shape index (κ2) is 13.4. The zero-order chi connectivity index (χ0) is 38.3. The molecule has 0 aliphatic rings. The Bertz CT molecular complexity index is 3550. The van der Waals surface area contributed by atoms with Gasteiger partial charge in [0, 0.05) is 61.3 Å². The Morgan fingerprint density at radius 3 is 1.33 bits per heavy atom. The zero-order valence-electron chi connectivity index (χ0n) is 31.1. The van der Waals surface area contributed by atoms with Gasteiger partial charge in [-0.2, -0.15) is 0 Å². The van der Waals surface area contributed by atoms with Crippen molar-refractivity contribution in [3.8, 4) is 50.2 Å². The summed E-state index contributed by atoms with van der Waals surface area (Å²) in [6.45, 7) is 0. The quantitative estimate of drug-likeness (QED) is 0.163. The number of thiophene rings is 2. The number of fused-ring (bicyclic) bond motifs is 9. The molecule has 0 saturated carbocycles. The van der Waals surface area contributed by atoms with E-state index in [0.717, 1.165) is 10.2 Å². The Morgan fingerprint density at radius 2 is 0.759 bits per heavy atom. The van der Waals surface area contributed by atoms with Crippen LogP contribution in [0.15, 0.2) is 199 Å². The third kappa shape index (κ3) is 5.40. The third-order valence-electron chi connectivity index (χ3n) is 11.7. The first-order valence-corrected chi connectivity index (χ1v) is 21.9. The van der Waals surface area contributed by atoms with Gasteiger partial charge in [0.2, 0.25) is 0 Å². The van der Waals surface area contributed by atoms with Crippen molar-refractivity contribution in [2.75, 3.05) is 0 Å². The van der Waals surface area contributed by atoms with Crippen LogP contribution < -0.4 is 0 Å². The van der Waals surface area contributed by atoms with Crippen molar-refractivity contribution in [3.63, 3.8) is 0 Å². The van der Waals surface area contributed by atoms with E-state index in [9.17, 15) is 0 Å². The van der Waals surface area contributed by atoms with Crippen LogP contribution in [0.2, 0.25) is 0 Å². The van der Waals surface area contributed by atoms with Gasteiger partial charge in [0.15, 0.2) is 0 Å². The van der Waals surface area contributed by atoms with Crippen molar-refractivity contribution < 1.29 is 0 Å². The lowest BCUT2D eigenvalue weighted by Gasteiger charge is -2.11. The number of nitrogens with zero attached hydrogens (tertiary/aromatic N) is 1. The van der Waals surface area contributed by atoms with Gasteiger partial charge >= 0.3 is 0 Å². The molecule has 4 heteroatoms. The highest BCUT2D eigenvalue weighted by molar-refractivity contribution is 9.10. The van der Waals surface area contributed by atoms with Crippen molar-refractivity contribution in [3.05, 3.63) is 199 Å². The molecule has 0 spiro atoms. The van der Waals surface area contributed by atoms with Gasteiger partial charge in [0.25, 0.3) is 0 Å². The molecule has 0 radical (unpaired) electrons. The summed E-state index contributed by atoms with van der Waals surface area (Å²) in [4.78, 5) is 0. The topological polar surface area (TPSA) is 4.93 Å².